The van der Waals surface area contributed by atoms with E-state index in [2.05, 4.69) is 27.5 Å². The van der Waals surface area contributed by atoms with Crippen LogP contribution in [-0.2, 0) is 4.74 Å². The second-order valence-electron chi connectivity index (χ2n) is 4.96. The summed E-state index contributed by atoms with van der Waals surface area (Å²) in [6.07, 6.45) is 0. The minimum atomic E-state index is 0.0773. The average molecular weight is 393 g/mol. The standard InChI is InChI=1S/C17H16INO2/c18-16-4-2-1-3-15(16)17(20)13-5-7-14(8-6-13)19-9-11-21-12-10-19/h1-8H,9-12H2. The molecule has 1 saturated heterocycles. The van der Waals surface area contributed by atoms with Gasteiger partial charge >= 0.3 is 0 Å². The van der Waals surface area contributed by atoms with Crippen molar-refractivity contribution in [3.05, 3.63) is 63.2 Å². The highest BCUT2D eigenvalue weighted by Gasteiger charge is 2.14. The third kappa shape index (κ3) is 3.27. The maximum absolute atomic E-state index is 12.5. The fourth-order valence-electron chi connectivity index (χ4n) is 2.45. The van der Waals surface area contributed by atoms with E-state index in [1.807, 2.05) is 48.5 Å². The van der Waals surface area contributed by atoms with E-state index in [0.29, 0.717) is 0 Å². The van der Waals surface area contributed by atoms with Gasteiger partial charge in [0.25, 0.3) is 0 Å². The molecule has 1 aliphatic heterocycles. The molecule has 0 spiro atoms. The van der Waals surface area contributed by atoms with Gasteiger partial charge in [0.1, 0.15) is 0 Å². The Balaban J connectivity index is 1.80. The van der Waals surface area contributed by atoms with E-state index in [1.165, 1.54) is 0 Å². The van der Waals surface area contributed by atoms with Crippen molar-refractivity contribution in [2.75, 3.05) is 31.2 Å². The molecular weight excluding hydrogens is 377 g/mol. The number of carbonyl (C=O) groups excluding carboxylic acids is 1. The minimum absolute atomic E-state index is 0.0773. The number of halogens is 1. The molecule has 0 bridgehead atoms. The lowest BCUT2D eigenvalue weighted by Crippen LogP contribution is -2.36. The molecule has 3 rings (SSSR count). The van der Waals surface area contributed by atoms with Crippen LogP contribution in [0.3, 0.4) is 0 Å². The first-order valence-electron chi connectivity index (χ1n) is 6.98. The zero-order chi connectivity index (χ0) is 14.7. The van der Waals surface area contributed by atoms with Gasteiger partial charge in [-0.3, -0.25) is 4.79 Å². The molecule has 2 aromatic carbocycles. The van der Waals surface area contributed by atoms with E-state index >= 15 is 0 Å². The van der Waals surface area contributed by atoms with Gasteiger partial charge in [-0.05, 0) is 59.0 Å². The van der Waals surface area contributed by atoms with Crippen molar-refractivity contribution in [2.45, 2.75) is 0 Å². The summed E-state index contributed by atoms with van der Waals surface area (Å²) in [6.45, 7) is 3.35. The van der Waals surface area contributed by atoms with Crippen molar-refractivity contribution in [1.82, 2.24) is 0 Å². The van der Waals surface area contributed by atoms with E-state index in [4.69, 9.17) is 4.74 Å². The Morgan fingerprint density at radius 3 is 2.33 bits per heavy atom. The van der Waals surface area contributed by atoms with Crippen LogP contribution < -0.4 is 4.90 Å². The van der Waals surface area contributed by atoms with Crippen molar-refractivity contribution in [3.8, 4) is 0 Å². The Bertz CT molecular complexity index is 633. The van der Waals surface area contributed by atoms with Gasteiger partial charge in [0, 0.05) is 33.5 Å². The number of carbonyl (C=O) groups is 1. The van der Waals surface area contributed by atoms with Gasteiger partial charge in [0.2, 0.25) is 0 Å². The molecule has 21 heavy (non-hydrogen) atoms. The molecule has 0 amide bonds. The van der Waals surface area contributed by atoms with Crippen LogP contribution in [0.15, 0.2) is 48.5 Å². The maximum Gasteiger partial charge on any atom is 0.194 e. The SMILES string of the molecule is O=C(c1ccc(N2CCOCC2)cc1)c1ccccc1I. The lowest BCUT2D eigenvalue weighted by atomic mass is 10.0. The molecular formula is C17H16INO2. The van der Waals surface area contributed by atoms with Gasteiger partial charge < -0.3 is 9.64 Å². The Morgan fingerprint density at radius 2 is 1.67 bits per heavy atom. The zero-order valence-electron chi connectivity index (χ0n) is 11.6. The number of nitrogens with zero attached hydrogens (tertiary/aromatic N) is 1. The van der Waals surface area contributed by atoms with Crippen LogP contribution in [-0.4, -0.2) is 32.1 Å². The van der Waals surface area contributed by atoms with Crippen molar-refractivity contribution in [2.24, 2.45) is 0 Å². The first-order valence-corrected chi connectivity index (χ1v) is 8.05. The number of hydrogen-bond acceptors (Lipinski definition) is 3. The molecule has 0 unspecified atom stereocenters. The molecule has 0 radical (unpaired) electrons. The van der Waals surface area contributed by atoms with E-state index < -0.39 is 0 Å². The summed E-state index contributed by atoms with van der Waals surface area (Å²) in [6, 6.07) is 15.5. The largest absolute Gasteiger partial charge is 0.378 e. The van der Waals surface area contributed by atoms with E-state index in [-0.39, 0.29) is 5.78 Å². The zero-order valence-corrected chi connectivity index (χ0v) is 13.7. The van der Waals surface area contributed by atoms with Gasteiger partial charge in [0.05, 0.1) is 13.2 Å². The predicted octanol–water partition coefficient (Wildman–Crippen LogP) is 3.36. The molecule has 4 heteroatoms. The average Bonchev–Trinajstić information content (AvgIpc) is 2.56. The second kappa shape index (κ2) is 6.58. The molecule has 0 saturated carbocycles. The smallest absolute Gasteiger partial charge is 0.194 e. The third-order valence-corrected chi connectivity index (χ3v) is 4.56. The Morgan fingerprint density at radius 1 is 1.00 bits per heavy atom. The number of morpholine rings is 1. The lowest BCUT2D eigenvalue weighted by molar-refractivity contribution is 0.103. The van der Waals surface area contributed by atoms with Gasteiger partial charge in [-0.2, -0.15) is 0 Å². The summed E-state index contributed by atoms with van der Waals surface area (Å²) < 4.78 is 6.34. The van der Waals surface area contributed by atoms with E-state index in [9.17, 15) is 4.79 Å². The number of ketones is 1. The number of rotatable bonds is 3. The van der Waals surface area contributed by atoms with Crippen LogP contribution in [0.5, 0.6) is 0 Å². The summed E-state index contributed by atoms with van der Waals surface area (Å²) in [5.41, 5.74) is 2.64. The van der Waals surface area contributed by atoms with E-state index in [1.54, 1.807) is 0 Å². The fraction of sp³-hybridized carbons (Fsp3) is 0.235. The molecule has 0 N–H and O–H groups in total. The Kier molecular flexibility index (Phi) is 4.55. The minimum Gasteiger partial charge on any atom is -0.378 e. The quantitative estimate of drug-likeness (QED) is 0.592. The number of ether oxygens (including phenoxy) is 1. The van der Waals surface area contributed by atoms with Crippen LogP contribution in [0.25, 0.3) is 0 Å². The molecule has 0 aliphatic carbocycles. The first kappa shape index (κ1) is 14.5. The van der Waals surface area contributed by atoms with Crippen molar-refractivity contribution < 1.29 is 9.53 Å². The lowest BCUT2D eigenvalue weighted by Gasteiger charge is -2.28. The van der Waals surface area contributed by atoms with Gasteiger partial charge in [0.15, 0.2) is 5.78 Å². The van der Waals surface area contributed by atoms with Crippen LogP contribution in [0.1, 0.15) is 15.9 Å². The molecule has 108 valence electrons. The molecule has 1 aliphatic rings. The fourth-order valence-corrected chi connectivity index (χ4v) is 3.08. The van der Waals surface area contributed by atoms with Crippen LogP contribution in [0.4, 0.5) is 5.69 Å². The molecule has 0 aromatic heterocycles. The normalized spacial score (nSPS) is 15.0. The summed E-state index contributed by atoms with van der Waals surface area (Å²) in [4.78, 5) is 14.8. The molecule has 1 heterocycles. The number of hydrogen-bond donors (Lipinski definition) is 0. The molecule has 0 atom stereocenters. The van der Waals surface area contributed by atoms with E-state index in [0.717, 1.165) is 46.7 Å². The second-order valence-corrected chi connectivity index (χ2v) is 6.12. The topological polar surface area (TPSA) is 29.5 Å². The Labute approximate surface area is 138 Å². The maximum atomic E-state index is 12.5. The highest BCUT2D eigenvalue weighted by atomic mass is 127. The monoisotopic (exact) mass is 393 g/mol. The molecule has 2 aromatic rings. The first-order chi connectivity index (χ1) is 10.3. The highest BCUT2D eigenvalue weighted by Crippen LogP contribution is 2.20. The predicted molar refractivity (Wildman–Crippen MR) is 92.1 cm³/mol. The van der Waals surface area contributed by atoms with Crippen molar-refractivity contribution in [3.63, 3.8) is 0 Å². The van der Waals surface area contributed by atoms with Crippen LogP contribution >= 0.6 is 22.6 Å². The highest BCUT2D eigenvalue weighted by molar-refractivity contribution is 14.1. The van der Waals surface area contributed by atoms with Gasteiger partial charge in [-0.15, -0.1) is 0 Å². The molecule has 1 fully saturated rings. The number of benzene rings is 2. The van der Waals surface area contributed by atoms with Crippen LogP contribution in [0, 0.1) is 3.57 Å². The van der Waals surface area contributed by atoms with Crippen molar-refractivity contribution >= 4 is 34.1 Å². The van der Waals surface area contributed by atoms with Crippen molar-refractivity contribution in [1.29, 1.82) is 0 Å². The van der Waals surface area contributed by atoms with Gasteiger partial charge in [-0.25, -0.2) is 0 Å². The molecule has 3 nitrogen and oxygen atoms in total. The summed E-state index contributed by atoms with van der Waals surface area (Å²) in [5.74, 6) is 0.0773. The summed E-state index contributed by atoms with van der Waals surface area (Å²) >= 11 is 2.20. The third-order valence-electron chi connectivity index (χ3n) is 3.62. The van der Waals surface area contributed by atoms with Crippen LogP contribution in [0.2, 0.25) is 0 Å². The van der Waals surface area contributed by atoms with Gasteiger partial charge in [-0.1, -0.05) is 12.1 Å². The Hall–Kier alpha value is -1.40. The summed E-state index contributed by atoms with van der Waals surface area (Å²) in [7, 11) is 0. The summed E-state index contributed by atoms with van der Waals surface area (Å²) in [5, 5.41) is 0. The number of anilines is 1.